The molecule has 0 radical (unpaired) electrons. The molecule has 2 N–H and O–H groups in total. The normalized spacial score (nSPS) is 14.6. The molecule has 7 nitrogen and oxygen atoms in total. The molecular weight excluding hydrogens is 459 g/mol. The van der Waals surface area contributed by atoms with Crippen LogP contribution in [-0.4, -0.2) is 44.2 Å². The predicted molar refractivity (Wildman–Crippen MR) is 115 cm³/mol. The number of nitrogens with zero attached hydrogens (tertiary/aromatic N) is 1. The number of amides is 2. The summed E-state index contributed by atoms with van der Waals surface area (Å²) in [5, 5.41) is 4.41. The molecule has 2 aromatic carbocycles. The van der Waals surface area contributed by atoms with Crippen molar-refractivity contribution >= 4 is 27.5 Å². The molecule has 1 saturated heterocycles. The molecule has 1 fully saturated rings. The molecule has 1 heterocycles. The molecule has 1 aliphatic heterocycles. The van der Waals surface area contributed by atoms with Gasteiger partial charge in [-0.3, -0.25) is 9.59 Å². The van der Waals surface area contributed by atoms with Crippen molar-refractivity contribution in [3.05, 3.63) is 59.4 Å². The second kappa shape index (κ2) is 10.8. The van der Waals surface area contributed by atoms with Crippen molar-refractivity contribution in [2.75, 3.05) is 25.0 Å². The van der Waals surface area contributed by atoms with E-state index in [1.54, 1.807) is 12.1 Å². The lowest BCUT2D eigenvalue weighted by molar-refractivity contribution is -0.124. The van der Waals surface area contributed by atoms with Crippen LogP contribution in [0.2, 0.25) is 0 Å². The van der Waals surface area contributed by atoms with Crippen LogP contribution in [0.25, 0.3) is 0 Å². The molecular formula is C22H24F3N3O4S. The van der Waals surface area contributed by atoms with Gasteiger partial charge in [-0.15, -0.1) is 0 Å². The van der Waals surface area contributed by atoms with E-state index in [0.717, 1.165) is 30.9 Å². The van der Waals surface area contributed by atoms with Crippen molar-refractivity contribution in [1.29, 1.82) is 0 Å². The minimum atomic E-state index is -3.52. The molecule has 178 valence electrons. The summed E-state index contributed by atoms with van der Waals surface area (Å²) in [5.74, 6) is -5.87. The van der Waals surface area contributed by atoms with Gasteiger partial charge in [-0.05, 0) is 49.1 Å². The average molecular weight is 484 g/mol. The molecule has 0 saturated carbocycles. The third kappa shape index (κ3) is 6.32. The van der Waals surface area contributed by atoms with Gasteiger partial charge in [0.05, 0.1) is 17.1 Å². The first-order valence-corrected chi connectivity index (χ1v) is 11.9. The molecule has 33 heavy (non-hydrogen) atoms. The fourth-order valence-corrected chi connectivity index (χ4v) is 4.94. The molecule has 2 aromatic rings. The van der Waals surface area contributed by atoms with Crippen LogP contribution in [0.15, 0.2) is 41.3 Å². The van der Waals surface area contributed by atoms with Crippen molar-refractivity contribution in [3.63, 3.8) is 0 Å². The van der Waals surface area contributed by atoms with E-state index in [1.807, 2.05) is 0 Å². The van der Waals surface area contributed by atoms with Gasteiger partial charge in [0.25, 0.3) is 0 Å². The second-order valence-corrected chi connectivity index (χ2v) is 9.59. The van der Waals surface area contributed by atoms with Gasteiger partial charge < -0.3 is 10.6 Å². The van der Waals surface area contributed by atoms with E-state index in [9.17, 15) is 31.2 Å². The third-order valence-corrected chi connectivity index (χ3v) is 7.19. The largest absolute Gasteiger partial charge is 0.347 e. The maximum absolute atomic E-state index is 13.6. The van der Waals surface area contributed by atoms with Gasteiger partial charge in [-0.2, -0.15) is 4.31 Å². The van der Waals surface area contributed by atoms with Gasteiger partial charge in [0.15, 0.2) is 17.5 Å². The zero-order valence-corrected chi connectivity index (χ0v) is 18.6. The summed E-state index contributed by atoms with van der Waals surface area (Å²) in [5.41, 5.74) is 0.212. The Balaban J connectivity index is 1.46. The number of halogens is 3. The SMILES string of the molecule is O=C(CCc1ccc(S(=O)(=O)N2CCCCC2)cc1)NCC(=O)Nc1ccc(F)c(F)c1F. The third-order valence-electron chi connectivity index (χ3n) is 5.27. The number of nitrogens with one attached hydrogen (secondary N) is 2. The summed E-state index contributed by atoms with van der Waals surface area (Å²) in [6.07, 6.45) is 3.07. The van der Waals surface area contributed by atoms with E-state index < -0.39 is 51.5 Å². The van der Waals surface area contributed by atoms with Gasteiger partial charge in [0.2, 0.25) is 21.8 Å². The number of carbonyl (C=O) groups excluding carboxylic acids is 2. The van der Waals surface area contributed by atoms with Gasteiger partial charge in [-0.1, -0.05) is 18.6 Å². The molecule has 0 unspecified atom stereocenters. The van der Waals surface area contributed by atoms with E-state index >= 15 is 0 Å². The summed E-state index contributed by atoms with van der Waals surface area (Å²) in [4.78, 5) is 24.0. The van der Waals surface area contributed by atoms with Gasteiger partial charge >= 0.3 is 0 Å². The second-order valence-electron chi connectivity index (χ2n) is 7.66. The maximum atomic E-state index is 13.6. The fraction of sp³-hybridized carbons (Fsp3) is 0.364. The van der Waals surface area contributed by atoms with Crippen LogP contribution in [0.3, 0.4) is 0 Å². The fourth-order valence-electron chi connectivity index (χ4n) is 3.42. The quantitative estimate of drug-likeness (QED) is 0.565. The van der Waals surface area contributed by atoms with Gasteiger partial charge in [-0.25, -0.2) is 21.6 Å². The zero-order chi connectivity index (χ0) is 24.0. The first-order chi connectivity index (χ1) is 15.7. The summed E-state index contributed by atoms with van der Waals surface area (Å²) in [6, 6.07) is 7.87. The molecule has 11 heteroatoms. The highest BCUT2D eigenvalue weighted by Gasteiger charge is 2.25. The highest BCUT2D eigenvalue weighted by atomic mass is 32.2. The van der Waals surface area contributed by atoms with E-state index in [-0.39, 0.29) is 11.3 Å². The Morgan fingerprint density at radius 1 is 0.879 bits per heavy atom. The van der Waals surface area contributed by atoms with Crippen molar-refractivity contribution in [2.45, 2.75) is 37.0 Å². The topological polar surface area (TPSA) is 95.6 Å². The first-order valence-electron chi connectivity index (χ1n) is 10.5. The molecule has 0 aliphatic carbocycles. The number of anilines is 1. The molecule has 0 spiro atoms. The van der Waals surface area contributed by atoms with E-state index in [2.05, 4.69) is 10.6 Å². The standard InChI is InChI=1S/C22H24F3N3O4S/c23-17-9-10-18(22(25)21(17)24)27-20(30)14-26-19(29)11-6-15-4-7-16(8-5-15)33(31,32)28-12-2-1-3-13-28/h4-5,7-10H,1-3,6,11-14H2,(H,26,29)(H,27,30). The number of hydrogen-bond acceptors (Lipinski definition) is 4. The molecule has 3 rings (SSSR count). The van der Waals surface area contributed by atoms with Crippen molar-refractivity contribution in [2.24, 2.45) is 0 Å². The number of aryl methyl sites for hydroxylation is 1. The van der Waals surface area contributed by atoms with Crippen molar-refractivity contribution in [3.8, 4) is 0 Å². The molecule has 2 amide bonds. The summed E-state index contributed by atoms with van der Waals surface area (Å²) in [6.45, 7) is 0.547. The Morgan fingerprint density at radius 3 is 2.21 bits per heavy atom. The highest BCUT2D eigenvalue weighted by molar-refractivity contribution is 7.89. The zero-order valence-electron chi connectivity index (χ0n) is 17.7. The monoisotopic (exact) mass is 483 g/mol. The lowest BCUT2D eigenvalue weighted by Crippen LogP contribution is -2.35. The smallest absolute Gasteiger partial charge is 0.243 e. The summed E-state index contributed by atoms with van der Waals surface area (Å²) >= 11 is 0. The summed E-state index contributed by atoms with van der Waals surface area (Å²) < 4.78 is 66.5. The molecule has 0 bridgehead atoms. The van der Waals surface area contributed by atoms with Crippen LogP contribution in [0.4, 0.5) is 18.9 Å². The number of benzene rings is 2. The first kappa shape index (κ1) is 24.7. The van der Waals surface area contributed by atoms with E-state index in [1.165, 1.54) is 16.4 Å². The Bertz CT molecular complexity index is 1120. The Labute approximate surface area is 190 Å². The molecule has 1 aliphatic rings. The Morgan fingerprint density at radius 2 is 1.55 bits per heavy atom. The number of carbonyl (C=O) groups is 2. The van der Waals surface area contributed by atoms with E-state index in [0.29, 0.717) is 25.6 Å². The minimum absolute atomic E-state index is 0.0328. The van der Waals surface area contributed by atoms with Crippen LogP contribution in [0.5, 0.6) is 0 Å². The molecule has 0 atom stereocenters. The number of piperidine rings is 1. The van der Waals surface area contributed by atoms with Gasteiger partial charge in [0.1, 0.15) is 0 Å². The average Bonchev–Trinajstić information content (AvgIpc) is 2.82. The van der Waals surface area contributed by atoms with Crippen molar-refractivity contribution in [1.82, 2.24) is 9.62 Å². The minimum Gasteiger partial charge on any atom is -0.347 e. The number of hydrogen-bond donors (Lipinski definition) is 2. The van der Waals surface area contributed by atoms with Crippen LogP contribution >= 0.6 is 0 Å². The maximum Gasteiger partial charge on any atom is 0.243 e. The Kier molecular flexibility index (Phi) is 8.09. The van der Waals surface area contributed by atoms with Gasteiger partial charge in [0, 0.05) is 19.5 Å². The van der Waals surface area contributed by atoms with Crippen molar-refractivity contribution < 1.29 is 31.2 Å². The Hall–Kier alpha value is -2.92. The van der Waals surface area contributed by atoms with Crippen LogP contribution < -0.4 is 10.6 Å². The highest BCUT2D eigenvalue weighted by Crippen LogP contribution is 2.21. The van der Waals surface area contributed by atoms with Crippen LogP contribution in [0, 0.1) is 17.5 Å². The van der Waals surface area contributed by atoms with E-state index in [4.69, 9.17) is 0 Å². The predicted octanol–water partition coefficient (Wildman–Crippen LogP) is 2.97. The van der Waals surface area contributed by atoms with Crippen LogP contribution in [0.1, 0.15) is 31.2 Å². The molecule has 0 aromatic heterocycles. The van der Waals surface area contributed by atoms with Crippen LogP contribution in [-0.2, 0) is 26.0 Å². The lowest BCUT2D eigenvalue weighted by Gasteiger charge is -2.25. The number of sulfonamides is 1. The lowest BCUT2D eigenvalue weighted by atomic mass is 10.1. The number of rotatable bonds is 8. The summed E-state index contributed by atoms with van der Waals surface area (Å²) in [7, 11) is -3.52.